The van der Waals surface area contributed by atoms with Crippen molar-refractivity contribution in [1.82, 2.24) is 0 Å². The highest BCUT2D eigenvalue weighted by Gasteiger charge is 2.63. The summed E-state index contributed by atoms with van der Waals surface area (Å²) in [6.07, 6.45) is 4.46. The van der Waals surface area contributed by atoms with E-state index in [4.69, 9.17) is 27.3 Å². The Morgan fingerprint density at radius 1 is 0.750 bits per heavy atom. The van der Waals surface area contributed by atoms with Crippen molar-refractivity contribution < 1.29 is 44.1 Å². The molecule has 2 spiro atoms. The molecule has 0 radical (unpaired) electrons. The summed E-state index contributed by atoms with van der Waals surface area (Å²) < 4.78 is 80.2. The van der Waals surface area contributed by atoms with Crippen molar-refractivity contribution >= 4 is 20.2 Å². The summed E-state index contributed by atoms with van der Waals surface area (Å²) >= 11 is 0. The minimum absolute atomic E-state index is 0.349. The molecule has 0 aromatic rings. The maximum Gasteiger partial charge on any atom is 0.264 e. The van der Waals surface area contributed by atoms with Gasteiger partial charge >= 0.3 is 0 Å². The van der Waals surface area contributed by atoms with Crippen LogP contribution < -0.4 is 0 Å². The third-order valence-electron chi connectivity index (χ3n) is 5.04. The Kier molecular flexibility index (Phi) is 6.72. The van der Waals surface area contributed by atoms with Gasteiger partial charge in [-0.2, -0.15) is 16.8 Å². The average Bonchev–Trinajstić information content (AvgIpc) is 2.62. The van der Waals surface area contributed by atoms with Crippen LogP contribution in [0.2, 0.25) is 0 Å². The first-order valence-electron chi connectivity index (χ1n) is 9.37. The Morgan fingerprint density at radius 3 is 1.43 bits per heavy atom. The number of hydrogen-bond donors (Lipinski definition) is 0. The van der Waals surface area contributed by atoms with E-state index in [2.05, 4.69) is 0 Å². The van der Waals surface area contributed by atoms with Gasteiger partial charge in [0.2, 0.25) is 11.6 Å². The molecule has 12 heteroatoms. The van der Waals surface area contributed by atoms with Gasteiger partial charge < -0.3 is 18.9 Å². The van der Waals surface area contributed by atoms with Crippen molar-refractivity contribution in [3.8, 4) is 0 Å². The Morgan fingerprint density at radius 2 is 1.14 bits per heavy atom. The predicted octanol–water partition coefficient (Wildman–Crippen LogP) is 0.516. The van der Waals surface area contributed by atoms with Crippen molar-refractivity contribution in [2.45, 2.75) is 62.3 Å². The molecular formula is C16H28O10S2. The molecule has 3 rings (SSSR count). The highest BCUT2D eigenvalue weighted by Crippen LogP contribution is 2.49. The van der Waals surface area contributed by atoms with Crippen molar-refractivity contribution in [2.75, 3.05) is 38.9 Å². The van der Waals surface area contributed by atoms with Gasteiger partial charge in [0, 0.05) is 12.8 Å². The molecule has 4 atom stereocenters. The second kappa shape index (κ2) is 8.42. The third-order valence-corrected chi connectivity index (χ3v) is 6.17. The van der Waals surface area contributed by atoms with Crippen molar-refractivity contribution in [3.63, 3.8) is 0 Å². The van der Waals surface area contributed by atoms with Crippen molar-refractivity contribution in [2.24, 2.45) is 0 Å². The molecule has 10 nitrogen and oxygen atoms in total. The molecular weight excluding hydrogens is 416 g/mol. The molecule has 164 valence electrons. The van der Waals surface area contributed by atoms with E-state index in [1.807, 2.05) is 0 Å². The predicted molar refractivity (Wildman–Crippen MR) is 96.4 cm³/mol. The summed E-state index contributed by atoms with van der Waals surface area (Å²) in [6, 6.07) is 0. The van der Waals surface area contributed by atoms with Crippen LogP contribution in [0, 0.1) is 0 Å². The van der Waals surface area contributed by atoms with Gasteiger partial charge in [-0.15, -0.1) is 0 Å². The Hall–Kier alpha value is -0.340. The SMILES string of the molecule is CS(=O)(=O)OCC1OC2(CCCCO2)[C@@]2(CCCCO2)O[C@H]1COS(C)(=O)=O. The van der Waals surface area contributed by atoms with E-state index in [0.717, 1.165) is 38.2 Å². The molecule has 3 heterocycles. The highest BCUT2D eigenvalue weighted by atomic mass is 32.2. The molecule has 28 heavy (non-hydrogen) atoms. The van der Waals surface area contributed by atoms with Gasteiger partial charge in [-0.25, -0.2) is 0 Å². The van der Waals surface area contributed by atoms with E-state index in [1.54, 1.807) is 0 Å². The maximum absolute atomic E-state index is 11.5. The maximum atomic E-state index is 11.5. The fourth-order valence-electron chi connectivity index (χ4n) is 3.81. The van der Waals surface area contributed by atoms with Crippen LogP contribution >= 0.6 is 0 Å². The number of rotatable bonds is 6. The minimum Gasteiger partial charge on any atom is -0.345 e. The van der Waals surface area contributed by atoms with Crippen LogP contribution in [0.3, 0.4) is 0 Å². The number of fused-ring (bicyclic) bond motifs is 1. The molecule has 0 N–H and O–H groups in total. The molecule has 0 saturated carbocycles. The smallest absolute Gasteiger partial charge is 0.264 e. The van der Waals surface area contributed by atoms with E-state index < -0.39 is 44.0 Å². The molecule has 3 aliphatic rings. The van der Waals surface area contributed by atoms with E-state index in [9.17, 15) is 16.8 Å². The fourth-order valence-corrected chi connectivity index (χ4v) is 4.57. The highest BCUT2D eigenvalue weighted by molar-refractivity contribution is 7.86. The van der Waals surface area contributed by atoms with Gasteiger partial charge in [0.25, 0.3) is 20.2 Å². The summed E-state index contributed by atoms with van der Waals surface area (Å²) in [5.41, 5.74) is 0. The van der Waals surface area contributed by atoms with Crippen LogP contribution in [-0.4, -0.2) is 79.6 Å². The van der Waals surface area contributed by atoms with Crippen LogP contribution in [0.1, 0.15) is 38.5 Å². The van der Waals surface area contributed by atoms with Crippen LogP contribution in [0.4, 0.5) is 0 Å². The van der Waals surface area contributed by atoms with Gasteiger partial charge in [-0.1, -0.05) is 0 Å². The molecule has 0 aromatic carbocycles. The van der Waals surface area contributed by atoms with Crippen molar-refractivity contribution in [1.29, 1.82) is 0 Å². The third kappa shape index (κ3) is 5.22. The zero-order chi connectivity index (χ0) is 20.5. The standard InChI is InChI=1S/C16H28O10S2/c1-27(17,18)23-11-13-14(12-24-28(2,19)20)26-16(8-4-6-10-22-16)15(25-13)7-3-5-9-21-15/h13-14H,3-12H2,1-2H3/t13-,14?,15+,16?/m0/s1. The summed E-state index contributed by atoms with van der Waals surface area (Å²) in [5.74, 6) is -2.39. The minimum atomic E-state index is -3.73. The normalized spacial score (nSPS) is 37.4. The van der Waals surface area contributed by atoms with Crippen molar-refractivity contribution in [3.05, 3.63) is 0 Å². The molecule has 3 saturated heterocycles. The Balaban J connectivity index is 1.87. The summed E-state index contributed by atoms with van der Waals surface area (Å²) in [7, 11) is -7.47. The second-order valence-electron chi connectivity index (χ2n) is 7.41. The fraction of sp³-hybridized carbons (Fsp3) is 1.00. The second-order valence-corrected chi connectivity index (χ2v) is 10.7. The van der Waals surface area contributed by atoms with Gasteiger partial charge in [0.05, 0.1) is 38.9 Å². The average molecular weight is 445 g/mol. The Bertz CT molecular complexity index is 671. The summed E-state index contributed by atoms with van der Waals surface area (Å²) in [6.45, 7) is 0.215. The van der Waals surface area contributed by atoms with E-state index in [1.165, 1.54) is 0 Å². The van der Waals surface area contributed by atoms with Gasteiger partial charge in [0.1, 0.15) is 12.2 Å². The topological polar surface area (TPSA) is 124 Å². The quantitative estimate of drug-likeness (QED) is 0.535. The first-order valence-corrected chi connectivity index (χ1v) is 13.0. The van der Waals surface area contributed by atoms with E-state index in [-0.39, 0.29) is 13.2 Å². The first-order chi connectivity index (χ1) is 13.0. The largest absolute Gasteiger partial charge is 0.345 e. The molecule has 0 amide bonds. The molecule has 3 fully saturated rings. The Labute approximate surface area is 166 Å². The number of ether oxygens (including phenoxy) is 4. The van der Waals surface area contributed by atoms with E-state index in [0.29, 0.717) is 26.1 Å². The number of hydrogen-bond acceptors (Lipinski definition) is 10. The molecule has 0 aliphatic carbocycles. The monoisotopic (exact) mass is 444 g/mol. The zero-order valence-electron chi connectivity index (χ0n) is 16.1. The van der Waals surface area contributed by atoms with Gasteiger partial charge in [0.15, 0.2) is 0 Å². The lowest BCUT2D eigenvalue weighted by molar-refractivity contribution is -0.482. The van der Waals surface area contributed by atoms with Crippen LogP contribution in [0.25, 0.3) is 0 Å². The van der Waals surface area contributed by atoms with E-state index >= 15 is 0 Å². The summed E-state index contributed by atoms with van der Waals surface area (Å²) in [4.78, 5) is 0. The first kappa shape index (κ1) is 22.3. The molecule has 3 aliphatic heterocycles. The van der Waals surface area contributed by atoms with Crippen LogP contribution in [0.15, 0.2) is 0 Å². The summed E-state index contributed by atoms with van der Waals surface area (Å²) in [5, 5.41) is 0. The lowest BCUT2D eigenvalue weighted by Gasteiger charge is -2.57. The van der Waals surface area contributed by atoms with Crippen LogP contribution in [0.5, 0.6) is 0 Å². The molecule has 0 aromatic heterocycles. The molecule has 2 unspecified atom stereocenters. The lowest BCUT2D eigenvalue weighted by Crippen LogP contribution is -2.71. The van der Waals surface area contributed by atoms with Gasteiger partial charge in [-0.05, 0) is 25.7 Å². The van der Waals surface area contributed by atoms with Crippen LogP contribution in [-0.2, 0) is 47.5 Å². The lowest BCUT2D eigenvalue weighted by atomic mass is 9.88. The van der Waals surface area contributed by atoms with Gasteiger partial charge in [-0.3, -0.25) is 8.37 Å². The zero-order valence-corrected chi connectivity index (χ0v) is 17.8. The molecule has 0 bridgehead atoms.